The molecule has 0 unspecified atom stereocenters. The second-order valence-corrected chi connectivity index (χ2v) is 8.94. The summed E-state index contributed by atoms with van der Waals surface area (Å²) in [4.78, 5) is 0.206. The molecule has 0 saturated carbocycles. The number of rotatable bonds is 9. The third kappa shape index (κ3) is 5.20. The Hall–Kier alpha value is -2.98. The minimum Gasteiger partial charge on any atom is -0.494 e. The van der Waals surface area contributed by atoms with E-state index in [0.29, 0.717) is 30.5 Å². The summed E-state index contributed by atoms with van der Waals surface area (Å²) in [5, 5.41) is 15.9. The van der Waals surface area contributed by atoms with E-state index in [9.17, 15) is 8.42 Å². The molecule has 0 aliphatic rings. The average molecular weight is 445 g/mol. The maximum Gasteiger partial charge on any atom is 0.240 e. The lowest BCUT2D eigenvalue weighted by molar-refractivity contribution is 0.337. The topological polar surface area (TPSA) is 111 Å². The Morgan fingerprint density at radius 3 is 2.39 bits per heavy atom. The third-order valence-corrected chi connectivity index (χ3v) is 6.46. The lowest BCUT2D eigenvalue weighted by Gasteiger charge is -2.11. The molecule has 0 spiro atoms. The van der Waals surface area contributed by atoms with Crippen molar-refractivity contribution >= 4 is 15.8 Å². The van der Waals surface area contributed by atoms with Crippen LogP contribution in [0.2, 0.25) is 0 Å². The highest BCUT2D eigenvalue weighted by Gasteiger charge is 2.15. The van der Waals surface area contributed by atoms with E-state index in [1.165, 1.54) is 0 Å². The van der Waals surface area contributed by atoms with Crippen LogP contribution in [0.25, 0.3) is 5.82 Å². The summed E-state index contributed by atoms with van der Waals surface area (Å²) in [5.41, 5.74) is 3.87. The van der Waals surface area contributed by atoms with E-state index in [4.69, 9.17) is 4.74 Å². The number of aryl methyl sites for hydroxylation is 2. The quantitative estimate of drug-likeness (QED) is 0.488. The molecule has 9 nitrogen and oxygen atoms in total. The number of sulfonamides is 1. The Morgan fingerprint density at radius 2 is 1.81 bits per heavy atom. The van der Waals surface area contributed by atoms with Gasteiger partial charge in [0, 0.05) is 18.8 Å². The van der Waals surface area contributed by atoms with Gasteiger partial charge in [0.05, 0.1) is 17.2 Å². The summed E-state index contributed by atoms with van der Waals surface area (Å²) in [6, 6.07) is 8.43. The van der Waals surface area contributed by atoms with Crippen LogP contribution >= 0.6 is 0 Å². The molecule has 1 aromatic carbocycles. The van der Waals surface area contributed by atoms with E-state index < -0.39 is 10.0 Å². The van der Waals surface area contributed by atoms with E-state index in [-0.39, 0.29) is 11.4 Å². The second kappa shape index (κ2) is 9.44. The van der Waals surface area contributed by atoms with Crippen LogP contribution in [0.1, 0.15) is 29.4 Å². The van der Waals surface area contributed by atoms with Gasteiger partial charge in [-0.2, -0.15) is 5.10 Å². The minimum atomic E-state index is -3.61. The van der Waals surface area contributed by atoms with Gasteiger partial charge >= 0.3 is 0 Å². The summed E-state index contributed by atoms with van der Waals surface area (Å²) < 4.78 is 34.8. The van der Waals surface area contributed by atoms with Crippen molar-refractivity contribution < 1.29 is 13.2 Å². The Balaban J connectivity index is 1.55. The van der Waals surface area contributed by atoms with Gasteiger partial charge < -0.3 is 10.1 Å². The van der Waals surface area contributed by atoms with Crippen LogP contribution in [0.15, 0.2) is 35.2 Å². The van der Waals surface area contributed by atoms with Crippen molar-refractivity contribution in [1.29, 1.82) is 0 Å². The van der Waals surface area contributed by atoms with Crippen LogP contribution < -0.4 is 14.8 Å². The van der Waals surface area contributed by atoms with E-state index >= 15 is 0 Å². The van der Waals surface area contributed by atoms with Gasteiger partial charge in [-0.25, -0.2) is 17.8 Å². The lowest BCUT2D eigenvalue weighted by atomic mass is 10.2. The standard InChI is InChI=1S/C21H28N6O3S/c1-6-30-19-8-7-18(13-14(19)2)31(28,29)23-12-11-22-20-9-10-21(25-24-20)27-17(5)15(3)16(4)26-27/h7-10,13,23H,6,11-12H2,1-5H3,(H,22,24). The van der Waals surface area contributed by atoms with Gasteiger partial charge in [-0.15, -0.1) is 10.2 Å². The summed E-state index contributed by atoms with van der Waals surface area (Å²) in [6.07, 6.45) is 0. The first kappa shape index (κ1) is 22.7. The Labute approximate surface area is 182 Å². The Bertz CT molecular complexity index is 1160. The molecule has 0 radical (unpaired) electrons. The lowest BCUT2D eigenvalue weighted by Crippen LogP contribution is -2.29. The first-order valence-corrected chi connectivity index (χ1v) is 11.5. The number of hydrogen-bond acceptors (Lipinski definition) is 7. The molecule has 0 aliphatic carbocycles. The smallest absolute Gasteiger partial charge is 0.240 e. The van der Waals surface area contributed by atoms with Crippen LogP contribution in [0.4, 0.5) is 5.82 Å². The molecule has 10 heteroatoms. The third-order valence-electron chi connectivity index (χ3n) is 5.00. The largest absolute Gasteiger partial charge is 0.494 e. The van der Waals surface area contributed by atoms with Gasteiger partial charge in [-0.3, -0.25) is 0 Å². The van der Waals surface area contributed by atoms with E-state index in [1.54, 1.807) is 28.9 Å². The number of nitrogens with one attached hydrogen (secondary N) is 2. The molecule has 0 saturated heterocycles. The molecule has 2 heterocycles. The van der Waals surface area contributed by atoms with Crippen LogP contribution in [-0.2, 0) is 10.0 Å². The Kier molecular flexibility index (Phi) is 6.91. The fourth-order valence-electron chi connectivity index (χ4n) is 3.04. The molecule has 31 heavy (non-hydrogen) atoms. The molecule has 2 aromatic heterocycles. The van der Waals surface area contributed by atoms with Crippen molar-refractivity contribution in [3.8, 4) is 11.6 Å². The SMILES string of the molecule is CCOc1ccc(S(=O)(=O)NCCNc2ccc(-n3nc(C)c(C)c3C)nn2)cc1C. The monoisotopic (exact) mass is 444 g/mol. The predicted octanol–water partition coefficient (Wildman–Crippen LogP) is 2.69. The Morgan fingerprint density at radius 1 is 1.03 bits per heavy atom. The summed E-state index contributed by atoms with van der Waals surface area (Å²) in [6.45, 7) is 10.8. The van der Waals surface area contributed by atoms with Gasteiger partial charge in [0.15, 0.2) is 5.82 Å². The van der Waals surface area contributed by atoms with E-state index in [2.05, 4.69) is 25.3 Å². The number of aromatic nitrogens is 4. The van der Waals surface area contributed by atoms with Gasteiger partial charge in [0.25, 0.3) is 0 Å². The number of ether oxygens (including phenoxy) is 1. The maximum atomic E-state index is 12.5. The summed E-state index contributed by atoms with van der Waals surface area (Å²) >= 11 is 0. The molecule has 3 aromatic rings. The van der Waals surface area contributed by atoms with Crippen LogP contribution in [0.5, 0.6) is 5.75 Å². The highest BCUT2D eigenvalue weighted by molar-refractivity contribution is 7.89. The number of benzene rings is 1. The first-order chi connectivity index (χ1) is 14.7. The molecule has 0 aliphatic heterocycles. The second-order valence-electron chi connectivity index (χ2n) is 7.17. The van der Waals surface area contributed by atoms with Crippen molar-refractivity contribution in [2.75, 3.05) is 25.0 Å². The van der Waals surface area contributed by atoms with Crippen molar-refractivity contribution in [2.45, 2.75) is 39.5 Å². The zero-order chi connectivity index (χ0) is 22.6. The molecule has 2 N–H and O–H groups in total. The summed E-state index contributed by atoms with van der Waals surface area (Å²) in [7, 11) is -3.61. The number of hydrogen-bond donors (Lipinski definition) is 2. The molecule has 0 fully saturated rings. The summed E-state index contributed by atoms with van der Waals surface area (Å²) in [5.74, 6) is 1.87. The van der Waals surface area contributed by atoms with Gasteiger partial charge in [-0.1, -0.05) is 0 Å². The zero-order valence-corrected chi connectivity index (χ0v) is 19.2. The molecule has 0 bridgehead atoms. The van der Waals surface area contributed by atoms with Crippen LogP contribution in [-0.4, -0.2) is 48.1 Å². The highest BCUT2D eigenvalue weighted by atomic mass is 32.2. The van der Waals surface area contributed by atoms with Crippen molar-refractivity contribution in [1.82, 2.24) is 24.7 Å². The zero-order valence-electron chi connectivity index (χ0n) is 18.4. The molecular weight excluding hydrogens is 416 g/mol. The fourth-order valence-corrected chi connectivity index (χ4v) is 4.16. The van der Waals surface area contributed by atoms with E-state index in [0.717, 1.165) is 22.5 Å². The van der Waals surface area contributed by atoms with Crippen molar-refractivity contribution in [3.63, 3.8) is 0 Å². The van der Waals surface area contributed by atoms with Crippen LogP contribution in [0, 0.1) is 27.7 Å². The fraction of sp³-hybridized carbons (Fsp3) is 0.381. The van der Waals surface area contributed by atoms with Gasteiger partial charge in [0.2, 0.25) is 10.0 Å². The maximum absolute atomic E-state index is 12.5. The molecular formula is C21H28N6O3S. The molecule has 3 rings (SSSR count). The van der Waals surface area contributed by atoms with Crippen LogP contribution in [0.3, 0.4) is 0 Å². The minimum absolute atomic E-state index is 0.203. The highest BCUT2D eigenvalue weighted by Crippen LogP contribution is 2.21. The predicted molar refractivity (Wildman–Crippen MR) is 119 cm³/mol. The van der Waals surface area contributed by atoms with Gasteiger partial charge in [-0.05, 0) is 76.1 Å². The number of anilines is 1. The average Bonchev–Trinajstić information content (AvgIpc) is 3.00. The van der Waals surface area contributed by atoms with E-state index in [1.807, 2.05) is 40.7 Å². The molecule has 166 valence electrons. The van der Waals surface area contributed by atoms with Crippen molar-refractivity contribution in [2.24, 2.45) is 0 Å². The number of nitrogens with zero attached hydrogens (tertiary/aromatic N) is 4. The normalized spacial score (nSPS) is 11.5. The van der Waals surface area contributed by atoms with Gasteiger partial charge in [0.1, 0.15) is 11.6 Å². The first-order valence-electron chi connectivity index (χ1n) is 10.1. The molecule has 0 atom stereocenters. The molecule has 0 amide bonds. The van der Waals surface area contributed by atoms with Crippen molar-refractivity contribution in [3.05, 3.63) is 52.8 Å².